The molecule has 3 aliphatic carbocycles. The lowest BCUT2D eigenvalue weighted by atomic mass is 9.48. The molecule has 1 aliphatic heterocycles. The molecule has 2 aromatic rings. The molecule has 4 aliphatic rings. The normalized spacial score (nSPS) is 38.9. The highest BCUT2D eigenvalue weighted by Crippen LogP contribution is 2.67. The minimum atomic E-state index is 0.110. The largest absolute Gasteiger partial charge is 0.349 e. The number of amides is 1. The summed E-state index contributed by atoms with van der Waals surface area (Å²) in [6.07, 6.45) is 17.0. The molecule has 8 atom stereocenters. The predicted molar refractivity (Wildman–Crippen MR) is 136 cm³/mol. The summed E-state index contributed by atoms with van der Waals surface area (Å²) in [7, 11) is 0. The minimum Gasteiger partial charge on any atom is -0.349 e. The van der Waals surface area contributed by atoms with E-state index in [-0.39, 0.29) is 22.8 Å². The maximum Gasteiger partial charge on any atom is 0.224 e. The Morgan fingerprint density at radius 2 is 1.94 bits per heavy atom. The molecule has 4 nitrogen and oxygen atoms in total. The van der Waals surface area contributed by atoms with E-state index in [4.69, 9.17) is 0 Å². The number of benzene rings is 1. The number of fused-ring (bicyclic) bond motifs is 7. The first-order valence-electron chi connectivity index (χ1n) is 13.5. The summed E-state index contributed by atoms with van der Waals surface area (Å²) >= 11 is 0. The summed E-state index contributed by atoms with van der Waals surface area (Å²) in [4.78, 5) is 18.2. The zero-order chi connectivity index (χ0) is 23.5. The monoisotopic (exact) mass is 457 g/mol. The molecular formula is C30H39N3O. The van der Waals surface area contributed by atoms with Crippen molar-refractivity contribution in [1.29, 1.82) is 0 Å². The van der Waals surface area contributed by atoms with Gasteiger partial charge in [0.25, 0.3) is 0 Å². The highest BCUT2D eigenvalue weighted by atomic mass is 16.2. The van der Waals surface area contributed by atoms with Crippen LogP contribution in [0.5, 0.6) is 0 Å². The number of allylic oxidation sites excluding steroid dienone is 1. The zero-order valence-corrected chi connectivity index (χ0v) is 20.9. The number of carbonyl (C=O) groups excluding carboxylic acids is 1. The van der Waals surface area contributed by atoms with E-state index in [1.807, 2.05) is 12.3 Å². The first-order valence-corrected chi connectivity index (χ1v) is 13.5. The Labute approximate surface area is 204 Å². The van der Waals surface area contributed by atoms with Gasteiger partial charge in [-0.3, -0.25) is 4.79 Å². The molecule has 4 heteroatoms. The van der Waals surface area contributed by atoms with Crippen molar-refractivity contribution in [2.75, 3.05) is 0 Å². The Kier molecular flexibility index (Phi) is 5.27. The van der Waals surface area contributed by atoms with E-state index in [0.717, 1.165) is 24.6 Å². The van der Waals surface area contributed by atoms with Crippen LogP contribution in [-0.2, 0) is 4.79 Å². The Morgan fingerprint density at radius 3 is 2.74 bits per heavy atom. The fourth-order valence-corrected chi connectivity index (χ4v) is 8.83. The second kappa shape index (κ2) is 8.10. The lowest BCUT2D eigenvalue weighted by molar-refractivity contribution is -0.133. The lowest BCUT2D eigenvalue weighted by Gasteiger charge is -2.59. The van der Waals surface area contributed by atoms with Crippen molar-refractivity contribution >= 4 is 12.0 Å². The third-order valence-corrected chi connectivity index (χ3v) is 10.6. The third-order valence-electron chi connectivity index (χ3n) is 10.6. The van der Waals surface area contributed by atoms with Crippen molar-refractivity contribution in [3.8, 4) is 0 Å². The second-order valence-electron chi connectivity index (χ2n) is 11.9. The maximum absolute atomic E-state index is 13.7. The first kappa shape index (κ1) is 22.1. The van der Waals surface area contributed by atoms with Crippen LogP contribution in [-0.4, -0.2) is 15.5 Å². The van der Waals surface area contributed by atoms with Gasteiger partial charge in [-0.05, 0) is 79.8 Å². The van der Waals surface area contributed by atoms with Gasteiger partial charge in [0, 0.05) is 29.8 Å². The SMILES string of the molecule is CC[C@@H](NC(=O)[C@H]1CC[C@H]2[C@@H]3CCC4n5ccnc5C=C[C@]4(C)[C@H]3CC[C@]12C)c1ccccc1. The predicted octanol–water partition coefficient (Wildman–Crippen LogP) is 6.58. The van der Waals surface area contributed by atoms with E-state index < -0.39 is 0 Å². The maximum atomic E-state index is 13.7. The van der Waals surface area contributed by atoms with E-state index in [2.05, 4.69) is 78.3 Å². The molecule has 3 fully saturated rings. The van der Waals surface area contributed by atoms with Crippen LogP contribution < -0.4 is 5.32 Å². The molecule has 1 unspecified atom stereocenters. The summed E-state index contributed by atoms with van der Waals surface area (Å²) in [5.41, 5.74) is 1.54. The topological polar surface area (TPSA) is 46.9 Å². The van der Waals surface area contributed by atoms with Crippen LogP contribution in [0.1, 0.15) is 89.2 Å². The Morgan fingerprint density at radius 1 is 1.12 bits per heavy atom. The van der Waals surface area contributed by atoms with Crippen molar-refractivity contribution in [2.24, 2.45) is 34.5 Å². The van der Waals surface area contributed by atoms with E-state index in [9.17, 15) is 4.79 Å². The summed E-state index contributed by atoms with van der Waals surface area (Å²) in [6.45, 7) is 7.12. The highest BCUT2D eigenvalue weighted by Gasteiger charge is 2.61. The summed E-state index contributed by atoms with van der Waals surface area (Å²) < 4.78 is 2.43. The number of nitrogens with zero attached hydrogens (tertiary/aromatic N) is 2. The third kappa shape index (κ3) is 3.17. The van der Waals surface area contributed by atoms with Crippen molar-refractivity contribution in [3.05, 3.63) is 60.2 Å². The number of rotatable bonds is 4. The van der Waals surface area contributed by atoms with Gasteiger partial charge in [0.05, 0.1) is 6.04 Å². The van der Waals surface area contributed by atoms with Crippen LogP contribution >= 0.6 is 0 Å². The molecule has 3 saturated carbocycles. The number of imidazole rings is 1. The van der Waals surface area contributed by atoms with Gasteiger partial charge in [0.15, 0.2) is 0 Å². The first-order chi connectivity index (χ1) is 16.5. The molecule has 180 valence electrons. The molecule has 1 N–H and O–H groups in total. The molecule has 0 saturated heterocycles. The van der Waals surface area contributed by atoms with Gasteiger partial charge in [0.1, 0.15) is 5.82 Å². The van der Waals surface area contributed by atoms with Crippen molar-refractivity contribution in [3.63, 3.8) is 0 Å². The Hall–Kier alpha value is -2.36. The van der Waals surface area contributed by atoms with Gasteiger partial charge in [-0.15, -0.1) is 0 Å². The summed E-state index contributed by atoms with van der Waals surface area (Å²) in [6, 6.07) is 11.1. The van der Waals surface area contributed by atoms with Crippen LogP contribution in [0.3, 0.4) is 0 Å². The average Bonchev–Trinajstić information content (AvgIpc) is 3.46. The van der Waals surface area contributed by atoms with Crippen LogP contribution in [0.15, 0.2) is 48.8 Å². The number of nitrogens with one attached hydrogen (secondary N) is 1. The molecule has 34 heavy (non-hydrogen) atoms. The van der Waals surface area contributed by atoms with E-state index >= 15 is 0 Å². The van der Waals surface area contributed by atoms with Crippen LogP contribution in [0, 0.1) is 34.5 Å². The molecule has 0 spiro atoms. The van der Waals surface area contributed by atoms with Crippen LogP contribution in [0.4, 0.5) is 0 Å². The van der Waals surface area contributed by atoms with Crippen molar-refractivity contribution < 1.29 is 4.79 Å². The van der Waals surface area contributed by atoms with Gasteiger partial charge in [-0.25, -0.2) is 4.98 Å². The average molecular weight is 458 g/mol. The summed E-state index contributed by atoms with van der Waals surface area (Å²) in [5, 5.41) is 3.46. The van der Waals surface area contributed by atoms with Crippen molar-refractivity contribution in [2.45, 2.75) is 77.8 Å². The molecule has 1 amide bonds. The van der Waals surface area contributed by atoms with Gasteiger partial charge < -0.3 is 9.88 Å². The molecule has 1 aromatic heterocycles. The van der Waals surface area contributed by atoms with Crippen LogP contribution in [0.25, 0.3) is 6.08 Å². The van der Waals surface area contributed by atoms with Gasteiger partial charge >= 0.3 is 0 Å². The molecule has 6 rings (SSSR count). The quantitative estimate of drug-likeness (QED) is 0.564. The van der Waals surface area contributed by atoms with E-state index in [1.54, 1.807) is 0 Å². The van der Waals surface area contributed by atoms with Gasteiger partial charge in [0.2, 0.25) is 5.91 Å². The number of carbonyl (C=O) groups is 1. The molecule has 2 heterocycles. The van der Waals surface area contributed by atoms with Gasteiger partial charge in [-0.2, -0.15) is 0 Å². The standard InChI is InChI=1S/C30H39N3O/c1-4-25(20-8-6-5-7-9-20)32-28(34)24-12-11-22-21-10-13-26-30(3,23(21)14-16-29(22,24)2)17-15-27-31-18-19-33(26)27/h5-9,15,17-19,21-26H,4,10-14,16H2,1-3H3,(H,32,34)/t21-,22-,23-,24+,25+,26?,29-,30+/m0/s1. The van der Waals surface area contributed by atoms with E-state index in [0.29, 0.717) is 23.8 Å². The lowest BCUT2D eigenvalue weighted by Crippen LogP contribution is -2.53. The zero-order valence-electron chi connectivity index (χ0n) is 20.9. The molecule has 1 aromatic carbocycles. The fourth-order valence-electron chi connectivity index (χ4n) is 8.83. The smallest absolute Gasteiger partial charge is 0.224 e. The second-order valence-corrected chi connectivity index (χ2v) is 11.9. The fraction of sp³-hybridized carbons (Fsp3) is 0.600. The highest BCUT2D eigenvalue weighted by molar-refractivity contribution is 5.80. The molecule has 0 bridgehead atoms. The Balaban J connectivity index is 1.22. The number of aromatic nitrogens is 2. The summed E-state index contributed by atoms with van der Waals surface area (Å²) in [5.74, 6) is 3.63. The minimum absolute atomic E-state index is 0.110. The number of hydrogen-bond acceptors (Lipinski definition) is 2. The Bertz CT molecular complexity index is 1090. The van der Waals surface area contributed by atoms with E-state index in [1.165, 1.54) is 37.7 Å². The molecule has 0 radical (unpaired) electrons. The van der Waals surface area contributed by atoms with Crippen LogP contribution in [0.2, 0.25) is 0 Å². The van der Waals surface area contributed by atoms with Crippen molar-refractivity contribution in [1.82, 2.24) is 14.9 Å². The number of hydrogen-bond donors (Lipinski definition) is 1. The van der Waals surface area contributed by atoms with Gasteiger partial charge in [-0.1, -0.05) is 57.2 Å². The molecular weight excluding hydrogens is 418 g/mol.